The molecule has 98 valence electrons. The zero-order valence-electron chi connectivity index (χ0n) is 11.9. The van der Waals surface area contributed by atoms with Crippen LogP contribution in [0.25, 0.3) is 0 Å². The number of rotatable bonds is 5. The Bertz CT molecular complexity index is 341. The summed E-state index contributed by atoms with van der Waals surface area (Å²) in [6.45, 7) is 13.0. The maximum atomic E-state index is 4.66. The standard InChI is InChI=1S/C13H25N3S/c1-7-14-8-11-9-17-12(15-11)16(6)10(2)13(3,4)5/h9-10,14H,7-8H2,1-6H3. The van der Waals surface area contributed by atoms with Gasteiger partial charge in [0.2, 0.25) is 0 Å². The second kappa shape index (κ2) is 5.83. The van der Waals surface area contributed by atoms with Crippen molar-refractivity contribution in [1.29, 1.82) is 0 Å². The van der Waals surface area contributed by atoms with Gasteiger partial charge in [0.15, 0.2) is 5.13 Å². The van der Waals surface area contributed by atoms with Gasteiger partial charge in [-0.05, 0) is 18.9 Å². The molecule has 0 aliphatic rings. The molecule has 17 heavy (non-hydrogen) atoms. The van der Waals surface area contributed by atoms with Crippen molar-refractivity contribution in [3.63, 3.8) is 0 Å². The van der Waals surface area contributed by atoms with Gasteiger partial charge in [-0.3, -0.25) is 0 Å². The number of aromatic nitrogens is 1. The number of thiazole rings is 1. The Kier molecular flexibility index (Phi) is 4.95. The summed E-state index contributed by atoms with van der Waals surface area (Å²) >= 11 is 1.73. The van der Waals surface area contributed by atoms with E-state index in [9.17, 15) is 0 Å². The van der Waals surface area contributed by atoms with Crippen LogP contribution in [0.2, 0.25) is 0 Å². The topological polar surface area (TPSA) is 28.2 Å². The molecule has 0 amide bonds. The molecule has 0 bridgehead atoms. The zero-order chi connectivity index (χ0) is 13.1. The van der Waals surface area contributed by atoms with Gasteiger partial charge in [0, 0.05) is 25.0 Å². The van der Waals surface area contributed by atoms with E-state index in [0.29, 0.717) is 6.04 Å². The van der Waals surface area contributed by atoms with E-state index in [-0.39, 0.29) is 5.41 Å². The van der Waals surface area contributed by atoms with Crippen molar-refractivity contribution in [2.75, 3.05) is 18.5 Å². The first-order valence-corrected chi connectivity index (χ1v) is 7.12. The van der Waals surface area contributed by atoms with Gasteiger partial charge in [-0.15, -0.1) is 11.3 Å². The van der Waals surface area contributed by atoms with Crippen LogP contribution in [0.4, 0.5) is 5.13 Å². The number of nitrogens with zero attached hydrogens (tertiary/aromatic N) is 2. The minimum Gasteiger partial charge on any atom is -0.348 e. The van der Waals surface area contributed by atoms with Gasteiger partial charge in [0.1, 0.15) is 0 Å². The summed E-state index contributed by atoms with van der Waals surface area (Å²) in [5, 5.41) is 6.56. The highest BCUT2D eigenvalue weighted by molar-refractivity contribution is 7.13. The molecule has 1 unspecified atom stereocenters. The van der Waals surface area contributed by atoms with E-state index in [1.807, 2.05) is 0 Å². The van der Waals surface area contributed by atoms with E-state index in [2.05, 4.69) is 62.2 Å². The maximum absolute atomic E-state index is 4.66. The molecule has 0 aromatic carbocycles. The van der Waals surface area contributed by atoms with Crippen molar-refractivity contribution in [2.45, 2.75) is 47.2 Å². The monoisotopic (exact) mass is 255 g/mol. The Morgan fingerprint density at radius 2 is 2.12 bits per heavy atom. The first-order chi connectivity index (χ1) is 7.86. The molecule has 1 rings (SSSR count). The Labute approximate surface area is 109 Å². The normalized spacial score (nSPS) is 13.8. The van der Waals surface area contributed by atoms with E-state index >= 15 is 0 Å². The number of nitrogens with one attached hydrogen (secondary N) is 1. The van der Waals surface area contributed by atoms with Crippen LogP contribution in [0.15, 0.2) is 5.38 Å². The zero-order valence-corrected chi connectivity index (χ0v) is 12.7. The van der Waals surface area contributed by atoms with Crippen molar-refractivity contribution >= 4 is 16.5 Å². The lowest BCUT2D eigenvalue weighted by Crippen LogP contribution is -2.39. The van der Waals surface area contributed by atoms with Crippen LogP contribution >= 0.6 is 11.3 Å². The molecule has 1 heterocycles. The van der Waals surface area contributed by atoms with Gasteiger partial charge >= 0.3 is 0 Å². The Balaban J connectivity index is 2.69. The summed E-state index contributed by atoms with van der Waals surface area (Å²) in [5.74, 6) is 0. The first-order valence-electron chi connectivity index (χ1n) is 6.24. The van der Waals surface area contributed by atoms with Gasteiger partial charge in [-0.2, -0.15) is 0 Å². The van der Waals surface area contributed by atoms with E-state index in [1.165, 1.54) is 0 Å². The van der Waals surface area contributed by atoms with Crippen molar-refractivity contribution < 1.29 is 0 Å². The summed E-state index contributed by atoms with van der Waals surface area (Å²) in [4.78, 5) is 6.94. The minimum absolute atomic E-state index is 0.266. The minimum atomic E-state index is 0.266. The highest BCUT2D eigenvalue weighted by Gasteiger charge is 2.25. The van der Waals surface area contributed by atoms with E-state index in [0.717, 1.165) is 23.9 Å². The van der Waals surface area contributed by atoms with E-state index in [4.69, 9.17) is 0 Å². The molecule has 0 aliphatic carbocycles. The summed E-state index contributed by atoms with van der Waals surface area (Å²) in [7, 11) is 2.13. The van der Waals surface area contributed by atoms with Crippen molar-refractivity contribution in [2.24, 2.45) is 5.41 Å². The number of hydrogen-bond donors (Lipinski definition) is 1. The Morgan fingerprint density at radius 3 is 2.65 bits per heavy atom. The fourth-order valence-corrected chi connectivity index (χ4v) is 2.41. The van der Waals surface area contributed by atoms with Crippen LogP contribution < -0.4 is 10.2 Å². The average molecular weight is 255 g/mol. The molecule has 4 heteroatoms. The molecule has 1 aromatic rings. The fraction of sp³-hybridized carbons (Fsp3) is 0.769. The molecule has 1 aromatic heterocycles. The van der Waals surface area contributed by atoms with E-state index in [1.54, 1.807) is 11.3 Å². The third kappa shape index (κ3) is 3.96. The molecule has 0 spiro atoms. The van der Waals surface area contributed by atoms with Gasteiger partial charge in [0.05, 0.1) is 5.69 Å². The number of anilines is 1. The highest BCUT2D eigenvalue weighted by atomic mass is 32.1. The molecule has 0 saturated heterocycles. The van der Waals surface area contributed by atoms with Gasteiger partial charge in [-0.25, -0.2) is 4.98 Å². The van der Waals surface area contributed by atoms with Gasteiger partial charge in [-0.1, -0.05) is 27.7 Å². The van der Waals surface area contributed by atoms with Crippen LogP contribution in [0.3, 0.4) is 0 Å². The predicted molar refractivity (Wildman–Crippen MR) is 76.8 cm³/mol. The molecule has 0 radical (unpaired) electrons. The highest BCUT2D eigenvalue weighted by Crippen LogP contribution is 2.29. The van der Waals surface area contributed by atoms with Crippen LogP contribution in [0.1, 0.15) is 40.3 Å². The lowest BCUT2D eigenvalue weighted by molar-refractivity contribution is 0.329. The predicted octanol–water partition coefficient (Wildman–Crippen LogP) is 3.12. The smallest absolute Gasteiger partial charge is 0.185 e. The molecule has 0 aliphatic heterocycles. The molecule has 0 fully saturated rings. The number of hydrogen-bond acceptors (Lipinski definition) is 4. The summed E-state index contributed by atoms with van der Waals surface area (Å²) in [6.07, 6.45) is 0. The second-order valence-electron chi connectivity index (χ2n) is 5.55. The Morgan fingerprint density at radius 1 is 1.47 bits per heavy atom. The SMILES string of the molecule is CCNCc1csc(N(C)C(C)C(C)(C)C)n1. The van der Waals surface area contributed by atoms with Crippen LogP contribution in [0.5, 0.6) is 0 Å². The summed E-state index contributed by atoms with van der Waals surface area (Å²) in [6, 6.07) is 0.473. The second-order valence-corrected chi connectivity index (χ2v) is 6.39. The Hall–Kier alpha value is -0.610. The molecule has 0 saturated carbocycles. The lowest BCUT2D eigenvalue weighted by Gasteiger charge is -2.35. The quantitative estimate of drug-likeness (QED) is 0.876. The van der Waals surface area contributed by atoms with Crippen LogP contribution in [-0.4, -0.2) is 24.6 Å². The van der Waals surface area contributed by atoms with Crippen LogP contribution in [0, 0.1) is 5.41 Å². The maximum Gasteiger partial charge on any atom is 0.185 e. The summed E-state index contributed by atoms with van der Waals surface area (Å²) in [5.41, 5.74) is 1.40. The molecular weight excluding hydrogens is 230 g/mol. The largest absolute Gasteiger partial charge is 0.348 e. The fourth-order valence-electron chi connectivity index (χ4n) is 1.54. The van der Waals surface area contributed by atoms with Gasteiger partial charge < -0.3 is 10.2 Å². The molecule has 1 atom stereocenters. The van der Waals surface area contributed by atoms with Crippen molar-refractivity contribution in [3.05, 3.63) is 11.1 Å². The van der Waals surface area contributed by atoms with Crippen molar-refractivity contribution in [3.8, 4) is 0 Å². The molecule has 1 N–H and O–H groups in total. The van der Waals surface area contributed by atoms with Crippen molar-refractivity contribution in [1.82, 2.24) is 10.3 Å². The third-order valence-electron chi connectivity index (χ3n) is 3.23. The molecular formula is C13H25N3S. The summed E-state index contributed by atoms with van der Waals surface area (Å²) < 4.78 is 0. The first kappa shape index (κ1) is 14.5. The van der Waals surface area contributed by atoms with Crippen LogP contribution in [-0.2, 0) is 6.54 Å². The lowest BCUT2D eigenvalue weighted by atomic mass is 9.87. The van der Waals surface area contributed by atoms with E-state index < -0.39 is 0 Å². The third-order valence-corrected chi connectivity index (χ3v) is 4.21. The molecule has 3 nitrogen and oxygen atoms in total. The van der Waals surface area contributed by atoms with Gasteiger partial charge in [0.25, 0.3) is 0 Å². The average Bonchev–Trinajstić information content (AvgIpc) is 2.71.